The number of benzene rings is 2. The van der Waals surface area contributed by atoms with Crippen molar-refractivity contribution in [2.75, 3.05) is 0 Å². The van der Waals surface area contributed by atoms with Gasteiger partial charge in [-0.3, -0.25) is 0 Å². The fraction of sp³-hybridized carbons (Fsp3) is 0.143. The lowest BCUT2D eigenvalue weighted by Gasteiger charge is -2.17. The maximum atomic E-state index is 10.5. The lowest BCUT2D eigenvalue weighted by molar-refractivity contribution is 0.218. The molecule has 0 spiro atoms. The van der Waals surface area contributed by atoms with Crippen LogP contribution < -0.4 is 0 Å². The summed E-state index contributed by atoms with van der Waals surface area (Å²) in [5, 5.41) is 10.5. The van der Waals surface area contributed by atoms with Gasteiger partial charge in [0.25, 0.3) is 0 Å². The lowest BCUT2D eigenvalue weighted by atomic mass is 9.98. The summed E-state index contributed by atoms with van der Waals surface area (Å²) in [5.41, 5.74) is 2.81. The molecule has 0 saturated heterocycles. The summed E-state index contributed by atoms with van der Waals surface area (Å²) in [5.74, 6) is 0. The molecule has 2 aromatic rings. The standard InChI is InChI=1S/C14H11Br3O/c1-8-10(3-2-4-12(8)16)14(18)11-7-9(15)5-6-13(11)17/h2-7,14,18H,1H3. The molecule has 0 saturated carbocycles. The quantitative estimate of drug-likeness (QED) is 0.674. The zero-order chi connectivity index (χ0) is 13.3. The third-order valence-electron chi connectivity index (χ3n) is 2.86. The van der Waals surface area contributed by atoms with Crippen LogP contribution in [0.4, 0.5) is 0 Å². The van der Waals surface area contributed by atoms with Gasteiger partial charge in [0.1, 0.15) is 6.10 Å². The lowest BCUT2D eigenvalue weighted by Crippen LogP contribution is -2.03. The van der Waals surface area contributed by atoms with Crippen LogP contribution in [-0.2, 0) is 0 Å². The number of aliphatic hydroxyl groups excluding tert-OH is 1. The molecule has 1 atom stereocenters. The minimum atomic E-state index is -0.644. The first-order valence-corrected chi connectivity index (χ1v) is 7.76. The smallest absolute Gasteiger partial charge is 0.105 e. The second kappa shape index (κ2) is 5.87. The summed E-state index contributed by atoms with van der Waals surface area (Å²) in [6.45, 7) is 1.99. The van der Waals surface area contributed by atoms with E-state index in [1.807, 2.05) is 43.3 Å². The van der Waals surface area contributed by atoms with Gasteiger partial charge in [-0.15, -0.1) is 0 Å². The second-order valence-corrected chi connectivity index (χ2v) is 6.65. The van der Waals surface area contributed by atoms with Crippen molar-refractivity contribution in [3.63, 3.8) is 0 Å². The van der Waals surface area contributed by atoms with E-state index in [9.17, 15) is 5.11 Å². The molecule has 1 N–H and O–H groups in total. The molecule has 18 heavy (non-hydrogen) atoms. The summed E-state index contributed by atoms with van der Waals surface area (Å²) in [6.07, 6.45) is -0.644. The molecule has 0 aliphatic carbocycles. The van der Waals surface area contributed by atoms with Gasteiger partial charge in [0.2, 0.25) is 0 Å². The van der Waals surface area contributed by atoms with Crippen LogP contribution >= 0.6 is 47.8 Å². The highest BCUT2D eigenvalue weighted by molar-refractivity contribution is 9.11. The van der Waals surface area contributed by atoms with Crippen molar-refractivity contribution in [1.29, 1.82) is 0 Å². The average Bonchev–Trinajstić information content (AvgIpc) is 2.35. The summed E-state index contributed by atoms with van der Waals surface area (Å²) in [6, 6.07) is 11.6. The van der Waals surface area contributed by atoms with Crippen LogP contribution in [0.3, 0.4) is 0 Å². The molecule has 0 aliphatic heterocycles. The first-order valence-electron chi connectivity index (χ1n) is 5.38. The van der Waals surface area contributed by atoms with E-state index in [2.05, 4.69) is 47.8 Å². The maximum absolute atomic E-state index is 10.5. The highest BCUT2D eigenvalue weighted by Gasteiger charge is 2.16. The van der Waals surface area contributed by atoms with Gasteiger partial charge in [-0.2, -0.15) is 0 Å². The Morgan fingerprint density at radius 2 is 1.67 bits per heavy atom. The van der Waals surface area contributed by atoms with E-state index in [0.29, 0.717) is 0 Å². The normalized spacial score (nSPS) is 12.5. The topological polar surface area (TPSA) is 20.2 Å². The summed E-state index contributed by atoms with van der Waals surface area (Å²) in [7, 11) is 0. The van der Waals surface area contributed by atoms with Gasteiger partial charge in [-0.25, -0.2) is 0 Å². The predicted molar refractivity (Wildman–Crippen MR) is 84.8 cm³/mol. The van der Waals surface area contributed by atoms with E-state index in [0.717, 1.165) is 30.1 Å². The molecule has 0 aliphatic rings. The van der Waals surface area contributed by atoms with Crippen molar-refractivity contribution in [2.45, 2.75) is 13.0 Å². The van der Waals surface area contributed by atoms with Crippen LogP contribution in [0.2, 0.25) is 0 Å². The molecular weight excluding hydrogens is 424 g/mol. The van der Waals surface area contributed by atoms with E-state index in [1.165, 1.54) is 0 Å². The fourth-order valence-corrected chi connectivity index (χ4v) is 3.04. The van der Waals surface area contributed by atoms with Gasteiger partial charge in [0.15, 0.2) is 0 Å². The molecular formula is C14H11Br3O. The first-order chi connectivity index (χ1) is 8.50. The van der Waals surface area contributed by atoms with Gasteiger partial charge in [0.05, 0.1) is 0 Å². The molecule has 2 rings (SSSR count). The van der Waals surface area contributed by atoms with Crippen molar-refractivity contribution in [2.24, 2.45) is 0 Å². The van der Waals surface area contributed by atoms with Gasteiger partial charge in [0, 0.05) is 19.0 Å². The third-order valence-corrected chi connectivity index (χ3v) is 4.93. The highest BCUT2D eigenvalue weighted by atomic mass is 79.9. The van der Waals surface area contributed by atoms with E-state index >= 15 is 0 Å². The molecule has 0 bridgehead atoms. The average molecular weight is 435 g/mol. The maximum Gasteiger partial charge on any atom is 0.105 e. The molecule has 0 radical (unpaired) electrons. The molecule has 0 heterocycles. The Morgan fingerprint density at radius 1 is 0.944 bits per heavy atom. The zero-order valence-corrected chi connectivity index (χ0v) is 14.4. The van der Waals surface area contributed by atoms with Crippen LogP contribution in [0.15, 0.2) is 49.8 Å². The Morgan fingerprint density at radius 3 is 2.39 bits per heavy atom. The van der Waals surface area contributed by atoms with Crippen LogP contribution in [0.25, 0.3) is 0 Å². The summed E-state index contributed by atoms with van der Waals surface area (Å²) >= 11 is 10.4. The van der Waals surface area contributed by atoms with Crippen molar-refractivity contribution in [1.82, 2.24) is 0 Å². The van der Waals surface area contributed by atoms with Crippen molar-refractivity contribution >= 4 is 47.8 Å². The molecule has 0 amide bonds. The number of rotatable bonds is 2. The predicted octanol–water partition coefficient (Wildman–Crippen LogP) is 5.36. The Balaban J connectivity index is 2.51. The van der Waals surface area contributed by atoms with Crippen molar-refractivity contribution in [3.05, 3.63) is 66.5 Å². The molecule has 94 valence electrons. The Labute approximate surface area is 132 Å². The van der Waals surface area contributed by atoms with Crippen molar-refractivity contribution in [3.8, 4) is 0 Å². The summed E-state index contributed by atoms with van der Waals surface area (Å²) in [4.78, 5) is 0. The molecule has 0 fully saturated rings. The van der Waals surface area contributed by atoms with E-state index in [-0.39, 0.29) is 0 Å². The number of aliphatic hydroxyl groups is 1. The third kappa shape index (κ3) is 2.87. The SMILES string of the molecule is Cc1c(Br)cccc1C(O)c1cc(Br)ccc1Br. The van der Waals surface area contributed by atoms with E-state index in [4.69, 9.17) is 0 Å². The second-order valence-electron chi connectivity index (χ2n) is 4.02. The van der Waals surface area contributed by atoms with E-state index < -0.39 is 6.10 Å². The Bertz CT molecular complexity index is 579. The number of halogens is 3. The Hall–Kier alpha value is -0.160. The van der Waals surface area contributed by atoms with Gasteiger partial charge in [-0.05, 0) is 42.3 Å². The van der Waals surface area contributed by atoms with Gasteiger partial charge in [-0.1, -0.05) is 59.9 Å². The first kappa shape index (κ1) is 14.3. The monoisotopic (exact) mass is 432 g/mol. The van der Waals surface area contributed by atoms with Crippen LogP contribution in [0.5, 0.6) is 0 Å². The number of hydrogen-bond acceptors (Lipinski definition) is 1. The zero-order valence-electron chi connectivity index (χ0n) is 9.62. The van der Waals surface area contributed by atoms with Gasteiger partial charge < -0.3 is 5.11 Å². The highest BCUT2D eigenvalue weighted by Crippen LogP contribution is 2.34. The number of hydrogen-bond donors (Lipinski definition) is 1. The molecule has 1 nitrogen and oxygen atoms in total. The van der Waals surface area contributed by atoms with Gasteiger partial charge >= 0.3 is 0 Å². The molecule has 2 aromatic carbocycles. The molecule has 4 heteroatoms. The minimum Gasteiger partial charge on any atom is -0.384 e. The van der Waals surface area contributed by atoms with Crippen molar-refractivity contribution < 1.29 is 5.11 Å². The largest absolute Gasteiger partial charge is 0.384 e. The van der Waals surface area contributed by atoms with E-state index in [1.54, 1.807) is 0 Å². The Kier molecular flexibility index (Phi) is 4.64. The summed E-state index contributed by atoms with van der Waals surface area (Å²) < 4.78 is 2.86. The minimum absolute atomic E-state index is 0.644. The van der Waals surface area contributed by atoms with Crippen LogP contribution in [0, 0.1) is 6.92 Å². The molecule has 1 unspecified atom stereocenters. The van der Waals surface area contributed by atoms with Crippen LogP contribution in [0.1, 0.15) is 22.8 Å². The van der Waals surface area contributed by atoms with Crippen LogP contribution in [-0.4, -0.2) is 5.11 Å². The fourth-order valence-electron chi connectivity index (χ4n) is 1.81. The molecule has 0 aromatic heterocycles.